The molecule has 1 amide bonds. The Hall–Kier alpha value is -2.77. The van der Waals surface area contributed by atoms with Crippen LogP contribution in [0, 0.1) is 0 Å². The predicted octanol–water partition coefficient (Wildman–Crippen LogP) is 0.417. The predicted molar refractivity (Wildman–Crippen MR) is 74.1 cm³/mol. The van der Waals surface area contributed by atoms with Crippen molar-refractivity contribution in [1.29, 1.82) is 0 Å². The molecule has 0 saturated heterocycles. The molecule has 0 aliphatic heterocycles. The number of nitrogens with zero attached hydrogens (tertiary/aromatic N) is 6. The zero-order chi connectivity index (χ0) is 14.5. The van der Waals surface area contributed by atoms with E-state index in [1.54, 1.807) is 11.0 Å². The molecule has 3 aromatic heterocycles. The largest absolute Gasteiger partial charge is 0.349 e. The molecule has 1 N–H and O–H groups in total. The molecule has 21 heavy (non-hydrogen) atoms. The minimum Gasteiger partial charge on any atom is -0.349 e. The van der Waals surface area contributed by atoms with Crippen molar-refractivity contribution in [3.8, 4) is 0 Å². The summed E-state index contributed by atoms with van der Waals surface area (Å²) < 4.78 is 3.56. The average molecular weight is 285 g/mol. The molecule has 0 spiro atoms. The molecule has 3 rings (SSSR count). The van der Waals surface area contributed by atoms with Gasteiger partial charge in [-0.1, -0.05) is 6.07 Å². The number of amides is 1. The van der Waals surface area contributed by atoms with Crippen LogP contribution < -0.4 is 5.32 Å². The molecule has 0 radical (unpaired) electrons. The molecule has 8 heteroatoms. The van der Waals surface area contributed by atoms with Gasteiger partial charge < -0.3 is 5.32 Å². The minimum atomic E-state index is -0.0113. The van der Waals surface area contributed by atoms with Gasteiger partial charge in [0.15, 0.2) is 11.5 Å². The van der Waals surface area contributed by atoms with Crippen LogP contribution in [0.3, 0.4) is 0 Å². The first kappa shape index (κ1) is 13.2. The molecule has 3 aromatic rings. The van der Waals surface area contributed by atoms with Crippen molar-refractivity contribution in [2.45, 2.75) is 25.9 Å². The number of rotatable bonds is 6. The van der Waals surface area contributed by atoms with Crippen molar-refractivity contribution in [3.05, 3.63) is 42.9 Å². The first-order valence-corrected chi connectivity index (χ1v) is 6.71. The Labute approximate surface area is 120 Å². The Morgan fingerprint density at radius 3 is 3.10 bits per heavy atom. The number of carbonyl (C=O) groups excluding carboxylic acids is 1. The van der Waals surface area contributed by atoms with Gasteiger partial charge in [0.25, 0.3) is 0 Å². The molecule has 0 aliphatic carbocycles. The number of fused-ring (bicyclic) bond motifs is 1. The van der Waals surface area contributed by atoms with Gasteiger partial charge in [0.1, 0.15) is 12.7 Å². The highest BCUT2D eigenvalue weighted by atomic mass is 16.1. The molecule has 0 atom stereocenters. The SMILES string of the molecule is O=C(CCCn1cncn1)NCc1nnc2ccccn12. The summed E-state index contributed by atoms with van der Waals surface area (Å²) in [5.74, 6) is 0.707. The van der Waals surface area contributed by atoms with Gasteiger partial charge in [0.05, 0.1) is 6.54 Å². The van der Waals surface area contributed by atoms with Crippen molar-refractivity contribution in [2.75, 3.05) is 0 Å². The summed E-state index contributed by atoms with van der Waals surface area (Å²) in [5.41, 5.74) is 0.771. The molecule has 0 fully saturated rings. The van der Waals surface area contributed by atoms with Crippen LogP contribution in [0.1, 0.15) is 18.7 Å². The van der Waals surface area contributed by atoms with Gasteiger partial charge in [-0.05, 0) is 18.6 Å². The molecule has 0 aromatic carbocycles. The van der Waals surface area contributed by atoms with Crippen molar-refractivity contribution in [1.82, 2.24) is 34.7 Å². The summed E-state index contributed by atoms with van der Waals surface area (Å²) >= 11 is 0. The summed E-state index contributed by atoms with van der Waals surface area (Å²) in [5, 5.41) is 14.9. The lowest BCUT2D eigenvalue weighted by Gasteiger charge is -2.04. The van der Waals surface area contributed by atoms with Crippen LogP contribution in [0.2, 0.25) is 0 Å². The van der Waals surface area contributed by atoms with E-state index in [0.717, 1.165) is 17.9 Å². The molecular weight excluding hydrogens is 270 g/mol. The van der Waals surface area contributed by atoms with Crippen molar-refractivity contribution in [3.63, 3.8) is 0 Å². The molecule has 3 heterocycles. The van der Waals surface area contributed by atoms with Crippen LogP contribution in [-0.4, -0.2) is 35.3 Å². The lowest BCUT2D eigenvalue weighted by molar-refractivity contribution is -0.121. The first-order chi connectivity index (χ1) is 10.3. The van der Waals surface area contributed by atoms with Crippen molar-refractivity contribution < 1.29 is 4.79 Å². The smallest absolute Gasteiger partial charge is 0.220 e. The number of aromatic nitrogens is 6. The molecule has 0 bridgehead atoms. The zero-order valence-electron chi connectivity index (χ0n) is 11.4. The topological polar surface area (TPSA) is 90.0 Å². The van der Waals surface area contributed by atoms with E-state index in [1.807, 2.05) is 28.8 Å². The van der Waals surface area contributed by atoms with E-state index in [9.17, 15) is 4.79 Å². The number of hydrogen-bond donors (Lipinski definition) is 1. The highest BCUT2D eigenvalue weighted by molar-refractivity contribution is 5.75. The van der Waals surface area contributed by atoms with Crippen LogP contribution in [0.25, 0.3) is 5.65 Å². The Kier molecular flexibility index (Phi) is 3.85. The van der Waals surface area contributed by atoms with Crippen molar-refractivity contribution in [2.24, 2.45) is 0 Å². The standard InChI is InChI=1S/C13H15N7O/c21-13(5-3-6-19-10-14-9-16-19)15-8-12-18-17-11-4-1-2-7-20(11)12/h1-2,4,7,9-10H,3,5-6,8H2,(H,15,21). The highest BCUT2D eigenvalue weighted by Gasteiger charge is 2.06. The molecule has 0 saturated carbocycles. The zero-order valence-corrected chi connectivity index (χ0v) is 11.4. The minimum absolute atomic E-state index is 0.0113. The molecule has 8 nitrogen and oxygen atoms in total. The van der Waals surface area contributed by atoms with E-state index >= 15 is 0 Å². The average Bonchev–Trinajstić information content (AvgIpc) is 3.14. The van der Waals surface area contributed by atoms with E-state index < -0.39 is 0 Å². The lowest BCUT2D eigenvalue weighted by atomic mass is 10.3. The van der Waals surface area contributed by atoms with Gasteiger partial charge in [-0.2, -0.15) is 5.10 Å². The quantitative estimate of drug-likeness (QED) is 0.708. The van der Waals surface area contributed by atoms with Gasteiger partial charge in [-0.15, -0.1) is 10.2 Å². The van der Waals surface area contributed by atoms with Gasteiger partial charge in [-0.25, -0.2) is 4.98 Å². The van der Waals surface area contributed by atoms with Gasteiger partial charge in [0, 0.05) is 19.2 Å². The Bertz CT molecular complexity index is 719. The summed E-state index contributed by atoms with van der Waals surface area (Å²) in [6.07, 6.45) is 6.16. The summed E-state index contributed by atoms with van der Waals surface area (Å²) in [6.45, 7) is 1.05. The molecule has 0 aliphatic rings. The third-order valence-corrected chi connectivity index (χ3v) is 3.09. The molecule has 108 valence electrons. The van der Waals surface area contributed by atoms with E-state index in [1.165, 1.54) is 6.33 Å². The highest BCUT2D eigenvalue weighted by Crippen LogP contribution is 2.02. The van der Waals surface area contributed by atoms with Gasteiger partial charge >= 0.3 is 0 Å². The summed E-state index contributed by atoms with van der Waals surface area (Å²) in [6, 6.07) is 5.67. The second-order valence-electron chi connectivity index (χ2n) is 4.58. The fourth-order valence-corrected chi connectivity index (χ4v) is 2.03. The second kappa shape index (κ2) is 6.12. The Morgan fingerprint density at radius 2 is 2.24 bits per heavy atom. The van der Waals surface area contributed by atoms with Crippen LogP contribution in [0.5, 0.6) is 0 Å². The van der Waals surface area contributed by atoms with Crippen LogP contribution in [0.15, 0.2) is 37.1 Å². The summed E-state index contributed by atoms with van der Waals surface area (Å²) in [4.78, 5) is 15.6. The van der Waals surface area contributed by atoms with E-state index in [-0.39, 0.29) is 5.91 Å². The monoisotopic (exact) mass is 285 g/mol. The maximum absolute atomic E-state index is 11.8. The van der Waals surface area contributed by atoms with Gasteiger partial charge in [-0.3, -0.25) is 13.9 Å². The van der Waals surface area contributed by atoms with Gasteiger partial charge in [0.2, 0.25) is 5.91 Å². The van der Waals surface area contributed by atoms with E-state index in [4.69, 9.17) is 0 Å². The first-order valence-electron chi connectivity index (χ1n) is 6.71. The fourth-order valence-electron chi connectivity index (χ4n) is 2.03. The van der Waals surface area contributed by atoms with Crippen molar-refractivity contribution >= 4 is 11.6 Å². The van der Waals surface area contributed by atoms with E-state index in [0.29, 0.717) is 19.5 Å². The normalized spacial score (nSPS) is 10.9. The third kappa shape index (κ3) is 3.22. The maximum Gasteiger partial charge on any atom is 0.220 e. The fraction of sp³-hybridized carbons (Fsp3) is 0.308. The second-order valence-corrected chi connectivity index (χ2v) is 4.58. The summed E-state index contributed by atoms with van der Waals surface area (Å²) in [7, 11) is 0. The maximum atomic E-state index is 11.8. The number of hydrogen-bond acceptors (Lipinski definition) is 5. The number of aryl methyl sites for hydroxylation is 1. The van der Waals surface area contributed by atoms with E-state index in [2.05, 4.69) is 25.6 Å². The molecular formula is C13H15N7O. The Morgan fingerprint density at radius 1 is 1.29 bits per heavy atom. The van der Waals surface area contributed by atoms with Crippen LogP contribution in [0.4, 0.5) is 0 Å². The Balaban J connectivity index is 1.47. The number of carbonyl (C=O) groups is 1. The third-order valence-electron chi connectivity index (χ3n) is 3.09. The van der Waals surface area contributed by atoms with Crippen LogP contribution >= 0.6 is 0 Å². The molecule has 0 unspecified atom stereocenters. The number of pyridine rings is 1. The number of nitrogens with one attached hydrogen (secondary N) is 1. The lowest BCUT2D eigenvalue weighted by Crippen LogP contribution is -2.24. The van der Waals surface area contributed by atoms with Crippen LogP contribution in [-0.2, 0) is 17.9 Å².